The van der Waals surface area contributed by atoms with Gasteiger partial charge in [0, 0.05) is 19.5 Å². The molecule has 1 unspecified atom stereocenters. The fourth-order valence-electron chi connectivity index (χ4n) is 1.56. The van der Waals surface area contributed by atoms with Crippen molar-refractivity contribution in [2.24, 2.45) is 11.8 Å². The molecule has 0 heterocycles. The van der Waals surface area contributed by atoms with E-state index in [1.54, 1.807) is 4.90 Å². The third-order valence-electron chi connectivity index (χ3n) is 2.75. The number of carbonyl (C=O) groups excluding carboxylic acids is 1. The Kier molecular flexibility index (Phi) is 7.59. The lowest BCUT2D eigenvalue weighted by Crippen LogP contribution is -2.36. The van der Waals surface area contributed by atoms with E-state index in [1.807, 2.05) is 20.8 Å². The second-order valence-electron chi connectivity index (χ2n) is 5.09. The molecule has 0 aliphatic carbocycles. The van der Waals surface area contributed by atoms with E-state index in [2.05, 4.69) is 6.92 Å². The molecule has 0 saturated carbocycles. The molecular weight excluding hydrogens is 218 g/mol. The number of carbonyl (C=O) groups is 2. The summed E-state index contributed by atoms with van der Waals surface area (Å²) in [5.74, 6) is -0.0453. The van der Waals surface area contributed by atoms with Crippen molar-refractivity contribution in [3.05, 3.63) is 0 Å². The highest BCUT2D eigenvalue weighted by atomic mass is 16.4. The topological polar surface area (TPSA) is 57.6 Å². The van der Waals surface area contributed by atoms with Crippen molar-refractivity contribution in [2.75, 3.05) is 13.1 Å². The smallest absolute Gasteiger partial charge is 0.305 e. The summed E-state index contributed by atoms with van der Waals surface area (Å²) in [5, 5.41) is 8.67. The number of carboxylic acid groups (broad SMARTS) is 1. The van der Waals surface area contributed by atoms with Gasteiger partial charge in [-0.25, -0.2) is 0 Å². The van der Waals surface area contributed by atoms with Gasteiger partial charge in [-0.1, -0.05) is 34.1 Å². The van der Waals surface area contributed by atoms with Gasteiger partial charge in [-0.3, -0.25) is 9.59 Å². The standard InChI is InChI=1S/C13H25NO3/c1-5-11(4)8-12(15)14(9-10(2)3)7-6-13(16)17/h10-11H,5-9H2,1-4H3,(H,16,17). The molecule has 0 aromatic rings. The minimum atomic E-state index is -0.852. The van der Waals surface area contributed by atoms with E-state index in [9.17, 15) is 9.59 Å². The fraction of sp³-hybridized carbons (Fsp3) is 0.846. The van der Waals surface area contributed by atoms with Gasteiger partial charge in [-0.15, -0.1) is 0 Å². The van der Waals surface area contributed by atoms with E-state index in [0.717, 1.165) is 6.42 Å². The van der Waals surface area contributed by atoms with Gasteiger partial charge in [0.15, 0.2) is 0 Å². The van der Waals surface area contributed by atoms with Crippen molar-refractivity contribution in [2.45, 2.75) is 47.0 Å². The lowest BCUT2D eigenvalue weighted by atomic mass is 10.0. The third kappa shape index (κ3) is 7.77. The lowest BCUT2D eigenvalue weighted by molar-refractivity contribution is -0.139. The third-order valence-corrected chi connectivity index (χ3v) is 2.75. The quantitative estimate of drug-likeness (QED) is 0.712. The first-order valence-electron chi connectivity index (χ1n) is 6.36. The molecule has 1 atom stereocenters. The Hall–Kier alpha value is -1.06. The maximum Gasteiger partial charge on any atom is 0.305 e. The highest BCUT2D eigenvalue weighted by Crippen LogP contribution is 2.11. The molecule has 4 nitrogen and oxygen atoms in total. The van der Waals surface area contributed by atoms with Crippen LogP contribution in [0.4, 0.5) is 0 Å². The average molecular weight is 243 g/mol. The van der Waals surface area contributed by atoms with Crippen molar-refractivity contribution in [3.63, 3.8) is 0 Å². The van der Waals surface area contributed by atoms with Crippen LogP contribution in [-0.2, 0) is 9.59 Å². The Morgan fingerprint density at radius 1 is 1.24 bits per heavy atom. The zero-order valence-corrected chi connectivity index (χ0v) is 11.4. The summed E-state index contributed by atoms with van der Waals surface area (Å²) in [6.45, 7) is 9.13. The van der Waals surface area contributed by atoms with Crippen LogP contribution in [0.5, 0.6) is 0 Å². The van der Waals surface area contributed by atoms with Gasteiger partial charge in [0.25, 0.3) is 0 Å². The SMILES string of the molecule is CCC(C)CC(=O)N(CCC(=O)O)CC(C)C. The molecule has 4 heteroatoms. The summed E-state index contributed by atoms with van der Waals surface area (Å²) in [7, 11) is 0. The van der Waals surface area contributed by atoms with E-state index < -0.39 is 5.97 Å². The van der Waals surface area contributed by atoms with Gasteiger partial charge >= 0.3 is 5.97 Å². The predicted molar refractivity (Wildman–Crippen MR) is 67.7 cm³/mol. The van der Waals surface area contributed by atoms with E-state index in [-0.39, 0.29) is 12.3 Å². The van der Waals surface area contributed by atoms with Crippen LogP contribution in [0.15, 0.2) is 0 Å². The van der Waals surface area contributed by atoms with Gasteiger partial charge in [0.05, 0.1) is 6.42 Å². The van der Waals surface area contributed by atoms with Gasteiger partial charge in [-0.05, 0) is 11.8 Å². The minimum Gasteiger partial charge on any atom is -0.481 e. The Labute approximate surface area is 104 Å². The number of amides is 1. The van der Waals surface area contributed by atoms with Crippen LogP contribution in [0.1, 0.15) is 47.0 Å². The molecule has 0 spiro atoms. The number of hydrogen-bond acceptors (Lipinski definition) is 2. The molecule has 100 valence electrons. The molecule has 0 aliphatic rings. The number of aliphatic carboxylic acids is 1. The maximum absolute atomic E-state index is 12.0. The number of carboxylic acids is 1. The van der Waals surface area contributed by atoms with Crippen molar-refractivity contribution in [3.8, 4) is 0 Å². The zero-order valence-electron chi connectivity index (χ0n) is 11.4. The Bertz CT molecular complexity index is 251. The molecule has 0 aromatic heterocycles. The molecule has 0 fully saturated rings. The lowest BCUT2D eigenvalue weighted by Gasteiger charge is -2.25. The van der Waals surface area contributed by atoms with Crippen LogP contribution in [0.2, 0.25) is 0 Å². The molecule has 0 rings (SSSR count). The highest BCUT2D eigenvalue weighted by molar-refractivity contribution is 5.77. The zero-order chi connectivity index (χ0) is 13.4. The van der Waals surface area contributed by atoms with Crippen LogP contribution in [0, 0.1) is 11.8 Å². The molecule has 0 saturated heterocycles. The van der Waals surface area contributed by atoms with E-state index in [1.165, 1.54) is 0 Å². The predicted octanol–water partition coefficient (Wildman–Crippen LogP) is 2.38. The van der Waals surface area contributed by atoms with Crippen LogP contribution in [0.3, 0.4) is 0 Å². The molecule has 0 aliphatic heterocycles. The summed E-state index contributed by atoms with van der Waals surface area (Å²) in [6, 6.07) is 0. The summed E-state index contributed by atoms with van der Waals surface area (Å²) >= 11 is 0. The van der Waals surface area contributed by atoms with Gasteiger partial charge in [0.1, 0.15) is 0 Å². The van der Waals surface area contributed by atoms with Crippen LogP contribution < -0.4 is 0 Å². The van der Waals surface area contributed by atoms with Gasteiger partial charge in [0.2, 0.25) is 5.91 Å². The summed E-state index contributed by atoms with van der Waals surface area (Å²) in [4.78, 5) is 24.2. The number of rotatable bonds is 8. The summed E-state index contributed by atoms with van der Waals surface area (Å²) < 4.78 is 0. The molecule has 0 radical (unpaired) electrons. The first-order chi connectivity index (χ1) is 7.86. The average Bonchev–Trinajstić information content (AvgIpc) is 2.22. The van der Waals surface area contributed by atoms with Crippen molar-refractivity contribution < 1.29 is 14.7 Å². The van der Waals surface area contributed by atoms with Gasteiger partial charge in [-0.2, -0.15) is 0 Å². The summed E-state index contributed by atoms with van der Waals surface area (Å²) in [6.07, 6.45) is 1.52. The highest BCUT2D eigenvalue weighted by Gasteiger charge is 2.17. The maximum atomic E-state index is 12.0. The number of nitrogens with zero attached hydrogens (tertiary/aromatic N) is 1. The van der Waals surface area contributed by atoms with E-state index >= 15 is 0 Å². The Balaban J connectivity index is 4.33. The monoisotopic (exact) mass is 243 g/mol. The van der Waals surface area contributed by atoms with Crippen LogP contribution in [0.25, 0.3) is 0 Å². The Morgan fingerprint density at radius 3 is 2.24 bits per heavy atom. The first kappa shape index (κ1) is 15.9. The Morgan fingerprint density at radius 2 is 1.82 bits per heavy atom. The largest absolute Gasteiger partial charge is 0.481 e. The summed E-state index contributed by atoms with van der Waals surface area (Å²) in [5.41, 5.74) is 0. The second-order valence-corrected chi connectivity index (χ2v) is 5.09. The molecule has 0 bridgehead atoms. The number of hydrogen-bond donors (Lipinski definition) is 1. The van der Waals surface area contributed by atoms with Gasteiger partial charge < -0.3 is 10.0 Å². The molecular formula is C13H25NO3. The molecule has 17 heavy (non-hydrogen) atoms. The first-order valence-corrected chi connectivity index (χ1v) is 6.36. The molecule has 1 amide bonds. The molecule has 1 N–H and O–H groups in total. The van der Waals surface area contributed by atoms with E-state index in [4.69, 9.17) is 5.11 Å². The normalized spacial score (nSPS) is 12.5. The van der Waals surface area contributed by atoms with E-state index in [0.29, 0.717) is 31.3 Å². The van der Waals surface area contributed by atoms with Crippen LogP contribution in [-0.4, -0.2) is 35.0 Å². The minimum absolute atomic E-state index is 0.0268. The second kappa shape index (κ2) is 8.09. The van der Waals surface area contributed by atoms with Crippen LogP contribution >= 0.6 is 0 Å². The molecule has 0 aromatic carbocycles. The fourth-order valence-corrected chi connectivity index (χ4v) is 1.56. The van der Waals surface area contributed by atoms with Crippen molar-refractivity contribution in [1.29, 1.82) is 0 Å². The van der Waals surface area contributed by atoms with Crippen molar-refractivity contribution in [1.82, 2.24) is 4.90 Å². The van der Waals surface area contributed by atoms with Crippen molar-refractivity contribution >= 4 is 11.9 Å².